The number of H-pyrrole nitrogens is 1. The fourth-order valence-electron chi connectivity index (χ4n) is 4.45. The molecule has 6 rings (SSSR count). The number of para-hydroxylation sites is 1. The van der Waals surface area contributed by atoms with Gasteiger partial charge in [-0.2, -0.15) is 5.10 Å². The minimum absolute atomic E-state index is 0.0708. The van der Waals surface area contributed by atoms with Crippen molar-refractivity contribution in [3.63, 3.8) is 0 Å². The van der Waals surface area contributed by atoms with E-state index in [1.807, 2.05) is 84.9 Å². The van der Waals surface area contributed by atoms with Crippen molar-refractivity contribution >= 4 is 34.6 Å². The molecule has 33 heavy (non-hydrogen) atoms. The van der Waals surface area contributed by atoms with Gasteiger partial charge in [-0.3, -0.25) is 9.66 Å². The Labute approximate surface area is 191 Å². The number of benzene rings is 4. The molecule has 4 aromatic carbocycles. The Balaban J connectivity index is 1.39. The summed E-state index contributed by atoms with van der Waals surface area (Å²) < 4.78 is 20.6. The summed E-state index contributed by atoms with van der Waals surface area (Å²) in [5.41, 5.74) is 4.28. The zero-order chi connectivity index (χ0) is 22.3. The molecule has 1 aromatic heterocycles. The molecule has 1 aliphatic heterocycles. The van der Waals surface area contributed by atoms with Gasteiger partial charge in [-0.1, -0.05) is 54.6 Å². The first-order chi connectivity index (χ1) is 16.2. The molecule has 0 fully saturated rings. The van der Waals surface area contributed by atoms with Crippen LogP contribution in [0.2, 0.25) is 0 Å². The molecule has 6 heteroatoms. The van der Waals surface area contributed by atoms with Gasteiger partial charge in [-0.05, 0) is 54.1 Å². The van der Waals surface area contributed by atoms with Crippen molar-refractivity contribution < 1.29 is 9.09 Å². The maximum Gasteiger partial charge on any atom is 0.306 e. The Kier molecular flexibility index (Phi) is 4.78. The standard InChI is InChI=1S/C27H22N3O2P/c31-33(21-10-3-1-4-11-21,22-12-5-2-6-13-22)32-20-15-16-25-23(18-20)27(30-29-25)26-17-19-9-7-8-14-24(19)28-26/h1-16,18,26,28H,17H2,(H,29,30). The molecule has 0 radical (unpaired) electrons. The van der Waals surface area contributed by atoms with E-state index in [-0.39, 0.29) is 6.04 Å². The van der Waals surface area contributed by atoms with E-state index in [0.29, 0.717) is 16.4 Å². The van der Waals surface area contributed by atoms with Crippen LogP contribution in [0.25, 0.3) is 10.9 Å². The van der Waals surface area contributed by atoms with Crippen molar-refractivity contribution in [1.29, 1.82) is 0 Å². The van der Waals surface area contributed by atoms with Crippen molar-refractivity contribution in [2.45, 2.75) is 12.5 Å². The summed E-state index contributed by atoms with van der Waals surface area (Å²) in [7, 11) is -3.34. The van der Waals surface area contributed by atoms with Crippen LogP contribution in [-0.4, -0.2) is 10.2 Å². The van der Waals surface area contributed by atoms with Crippen molar-refractivity contribution in [2.24, 2.45) is 0 Å². The van der Waals surface area contributed by atoms with Crippen LogP contribution >= 0.6 is 7.37 Å². The van der Waals surface area contributed by atoms with Gasteiger partial charge in [0.05, 0.1) is 27.9 Å². The summed E-state index contributed by atoms with van der Waals surface area (Å²) in [6.45, 7) is 0. The topological polar surface area (TPSA) is 67.0 Å². The molecular weight excluding hydrogens is 429 g/mol. The molecule has 162 valence electrons. The maximum atomic E-state index is 14.3. The van der Waals surface area contributed by atoms with Crippen molar-refractivity contribution in [3.05, 3.63) is 114 Å². The van der Waals surface area contributed by atoms with E-state index in [4.69, 9.17) is 4.52 Å². The molecule has 0 saturated heterocycles. The SMILES string of the molecule is O=P(Oc1ccc2[nH]nc(C3Cc4ccccc4N3)c2c1)(c1ccccc1)c1ccccc1. The molecule has 1 atom stereocenters. The quantitative estimate of drug-likeness (QED) is 0.343. The van der Waals surface area contributed by atoms with E-state index in [0.717, 1.165) is 28.7 Å². The first-order valence-corrected chi connectivity index (χ1v) is 12.6. The summed E-state index contributed by atoms with van der Waals surface area (Å²) in [5.74, 6) is 0.553. The van der Waals surface area contributed by atoms with Crippen LogP contribution in [0, 0.1) is 0 Å². The lowest BCUT2D eigenvalue weighted by Gasteiger charge is -2.20. The minimum atomic E-state index is -3.34. The van der Waals surface area contributed by atoms with E-state index in [1.54, 1.807) is 0 Å². The van der Waals surface area contributed by atoms with Gasteiger partial charge in [-0.15, -0.1) is 0 Å². The van der Waals surface area contributed by atoms with E-state index in [1.165, 1.54) is 5.56 Å². The smallest absolute Gasteiger partial charge is 0.306 e. The Bertz CT molecular complexity index is 1410. The first-order valence-electron chi connectivity index (χ1n) is 10.9. The van der Waals surface area contributed by atoms with E-state index >= 15 is 0 Å². The predicted molar refractivity (Wildman–Crippen MR) is 133 cm³/mol. The lowest BCUT2D eigenvalue weighted by molar-refractivity contribution is 0.503. The second kappa shape index (κ2) is 7.95. The van der Waals surface area contributed by atoms with Gasteiger partial charge in [0.2, 0.25) is 0 Å². The maximum absolute atomic E-state index is 14.3. The largest absolute Gasteiger partial charge is 0.437 e. The lowest BCUT2D eigenvalue weighted by Crippen LogP contribution is -2.20. The number of fused-ring (bicyclic) bond motifs is 2. The molecule has 5 aromatic rings. The van der Waals surface area contributed by atoms with E-state index in [2.05, 4.69) is 33.7 Å². The third-order valence-electron chi connectivity index (χ3n) is 6.09. The Morgan fingerprint density at radius 3 is 2.18 bits per heavy atom. The average molecular weight is 451 g/mol. The normalized spacial score (nSPS) is 15.2. The molecular formula is C27H22N3O2P. The van der Waals surface area contributed by atoms with Crippen LogP contribution in [0.1, 0.15) is 17.3 Å². The third kappa shape index (κ3) is 3.51. The predicted octanol–water partition coefficient (Wildman–Crippen LogP) is 5.58. The molecule has 2 N–H and O–H groups in total. The molecule has 2 heterocycles. The number of aromatic nitrogens is 2. The van der Waals surface area contributed by atoms with Crippen LogP contribution in [-0.2, 0) is 11.0 Å². The van der Waals surface area contributed by atoms with Crippen LogP contribution < -0.4 is 20.4 Å². The van der Waals surface area contributed by atoms with Gasteiger partial charge in [-0.25, -0.2) is 0 Å². The first kappa shape index (κ1) is 19.8. The highest BCUT2D eigenvalue weighted by atomic mass is 31.2. The Morgan fingerprint density at radius 1 is 0.818 bits per heavy atom. The zero-order valence-corrected chi connectivity index (χ0v) is 18.7. The van der Waals surface area contributed by atoms with Crippen LogP contribution in [0.3, 0.4) is 0 Å². The second-order valence-corrected chi connectivity index (χ2v) is 10.5. The molecule has 0 spiro atoms. The third-order valence-corrected chi connectivity index (χ3v) is 8.52. The fraction of sp³-hybridized carbons (Fsp3) is 0.0741. The van der Waals surface area contributed by atoms with Crippen molar-refractivity contribution in [1.82, 2.24) is 10.2 Å². The summed E-state index contributed by atoms with van der Waals surface area (Å²) in [6, 6.07) is 32.9. The number of hydrogen-bond acceptors (Lipinski definition) is 4. The molecule has 0 bridgehead atoms. The lowest BCUT2D eigenvalue weighted by atomic mass is 10.0. The van der Waals surface area contributed by atoms with Crippen LogP contribution in [0.15, 0.2) is 103 Å². The van der Waals surface area contributed by atoms with Gasteiger partial charge in [0.25, 0.3) is 0 Å². The number of hydrogen-bond donors (Lipinski definition) is 2. The monoisotopic (exact) mass is 451 g/mol. The van der Waals surface area contributed by atoms with E-state index < -0.39 is 7.37 Å². The van der Waals surface area contributed by atoms with Gasteiger partial charge in [0.15, 0.2) is 0 Å². The molecule has 0 saturated carbocycles. The fourth-order valence-corrected chi connectivity index (χ4v) is 6.50. The van der Waals surface area contributed by atoms with Crippen LogP contribution in [0.4, 0.5) is 5.69 Å². The zero-order valence-electron chi connectivity index (χ0n) is 17.8. The van der Waals surface area contributed by atoms with Crippen LogP contribution in [0.5, 0.6) is 5.75 Å². The van der Waals surface area contributed by atoms with E-state index in [9.17, 15) is 4.57 Å². The number of aromatic amines is 1. The van der Waals surface area contributed by atoms with Crippen molar-refractivity contribution in [3.8, 4) is 5.75 Å². The molecule has 5 nitrogen and oxygen atoms in total. The highest BCUT2D eigenvalue weighted by molar-refractivity contribution is 7.74. The van der Waals surface area contributed by atoms with Gasteiger partial charge in [0, 0.05) is 17.5 Å². The minimum Gasteiger partial charge on any atom is -0.437 e. The highest BCUT2D eigenvalue weighted by Crippen LogP contribution is 2.46. The average Bonchev–Trinajstić information content (AvgIpc) is 3.49. The van der Waals surface area contributed by atoms with Gasteiger partial charge < -0.3 is 9.84 Å². The molecule has 1 unspecified atom stereocenters. The molecule has 0 amide bonds. The summed E-state index contributed by atoms with van der Waals surface area (Å²) in [5, 5.41) is 13.6. The number of anilines is 1. The Hall–Kier alpha value is -3.82. The van der Waals surface area contributed by atoms with Gasteiger partial charge >= 0.3 is 7.37 Å². The number of rotatable bonds is 5. The summed E-state index contributed by atoms with van der Waals surface area (Å²) in [6.07, 6.45) is 0.869. The number of nitrogens with one attached hydrogen (secondary N) is 2. The molecule has 0 aliphatic carbocycles. The highest BCUT2D eigenvalue weighted by Gasteiger charge is 2.31. The summed E-state index contributed by atoms with van der Waals surface area (Å²) >= 11 is 0. The second-order valence-electron chi connectivity index (χ2n) is 8.19. The van der Waals surface area contributed by atoms with Gasteiger partial charge in [0.1, 0.15) is 5.75 Å². The van der Waals surface area contributed by atoms with Crippen molar-refractivity contribution in [2.75, 3.05) is 5.32 Å². The molecule has 1 aliphatic rings. The summed E-state index contributed by atoms with van der Waals surface area (Å²) in [4.78, 5) is 0. The number of nitrogens with zero attached hydrogens (tertiary/aromatic N) is 1. The Morgan fingerprint density at radius 2 is 1.48 bits per heavy atom.